The van der Waals surface area contributed by atoms with Crippen LogP contribution in [0.15, 0.2) is 60.8 Å². The molecule has 5 unspecified atom stereocenters. The quantitative estimate of drug-likeness (QED) is 0.0247. The molecular weight excluding hydrogens is 1200 g/mol. The van der Waals surface area contributed by atoms with Crippen molar-refractivity contribution in [3.63, 3.8) is 0 Å². The van der Waals surface area contributed by atoms with Crippen LogP contribution in [0.2, 0.25) is 5.02 Å². The fourth-order valence-electron chi connectivity index (χ4n) is 14.3. The number of aromatic nitrogens is 2. The third kappa shape index (κ3) is 15.2. The molecule has 5 aliphatic rings. The summed E-state index contributed by atoms with van der Waals surface area (Å²) in [5, 5.41) is 7.86. The fourth-order valence-corrected chi connectivity index (χ4v) is 15.7. The number of fused-ring (bicyclic) bond motifs is 7. The van der Waals surface area contributed by atoms with Gasteiger partial charge in [-0.3, -0.25) is 38.8 Å². The summed E-state index contributed by atoms with van der Waals surface area (Å²) in [6.45, 7) is 7.74. The number of piperidine rings is 2. The van der Waals surface area contributed by atoms with Crippen molar-refractivity contribution < 1.29 is 61.9 Å². The van der Waals surface area contributed by atoms with Crippen LogP contribution in [0.3, 0.4) is 0 Å². The zero-order chi connectivity index (χ0) is 63.7. The molecule has 3 saturated heterocycles. The number of amides is 4. The SMILES string of the molecule is COC(=O)C1CC(OC(=O)c2cc(OC)c(OC)c(OC)c2)CC2CN3CCc4c([nH]c5cc(OCC(=O)NCCCCCCCCC(=O)NCCCN6CCC(Oc7c(C)cc(Cl)cc7-c7ccnc8cc(CN9C(=O)CCC9=O)sc78)CC6)ccc45)C3CC21. The first-order valence-corrected chi connectivity index (χ1v) is 33.4. The maximum atomic E-state index is 13.6. The molecule has 3 N–H and O–H groups in total. The molecule has 0 radical (unpaired) electrons. The van der Waals surface area contributed by atoms with E-state index in [9.17, 15) is 28.8 Å². The van der Waals surface area contributed by atoms with Crippen LogP contribution < -0.4 is 34.3 Å². The van der Waals surface area contributed by atoms with Gasteiger partial charge in [0.1, 0.15) is 23.7 Å². The number of carbonyl (C=O) groups is 6. The lowest BCUT2D eigenvalue weighted by atomic mass is 9.65. The summed E-state index contributed by atoms with van der Waals surface area (Å²) in [7, 11) is 5.90. The first-order valence-electron chi connectivity index (χ1n) is 32.2. The molecule has 1 saturated carbocycles. The molecule has 91 heavy (non-hydrogen) atoms. The number of aromatic amines is 1. The number of thiophene rings is 1. The van der Waals surface area contributed by atoms with Gasteiger partial charge in [-0.05, 0) is 143 Å². The highest BCUT2D eigenvalue weighted by Gasteiger charge is 2.50. The van der Waals surface area contributed by atoms with Crippen LogP contribution in [-0.4, -0.2) is 153 Å². The fraction of sp³-hybridized carbons (Fsp3) is 0.522. The number of hydrogen-bond donors (Lipinski definition) is 3. The third-order valence-electron chi connectivity index (χ3n) is 19.0. The van der Waals surface area contributed by atoms with Crippen molar-refractivity contribution >= 4 is 79.6 Å². The highest BCUT2D eigenvalue weighted by Crippen LogP contribution is 2.51. The molecule has 4 aliphatic heterocycles. The van der Waals surface area contributed by atoms with E-state index in [0.29, 0.717) is 60.4 Å². The van der Waals surface area contributed by atoms with Crippen LogP contribution in [0.1, 0.15) is 134 Å². The minimum Gasteiger partial charge on any atom is -0.493 e. The Hall–Kier alpha value is -7.46. The first-order chi connectivity index (χ1) is 44.2. The number of unbranched alkanes of at least 4 members (excludes halogenated alkanes) is 5. The van der Waals surface area contributed by atoms with E-state index in [1.165, 1.54) is 50.2 Å². The van der Waals surface area contributed by atoms with Crippen molar-refractivity contribution in [3.8, 4) is 39.9 Å². The summed E-state index contributed by atoms with van der Waals surface area (Å²) in [5.74, 6) is 1.04. The van der Waals surface area contributed by atoms with Crippen molar-refractivity contribution in [2.24, 2.45) is 17.8 Å². The Morgan fingerprint density at radius 2 is 1.49 bits per heavy atom. The van der Waals surface area contributed by atoms with Gasteiger partial charge in [0, 0.05) is 108 Å². The van der Waals surface area contributed by atoms with E-state index in [2.05, 4.69) is 36.5 Å². The number of benzene rings is 3. The summed E-state index contributed by atoms with van der Waals surface area (Å²) >= 11 is 8.19. The van der Waals surface area contributed by atoms with Crippen molar-refractivity contribution in [3.05, 3.63) is 93.1 Å². The summed E-state index contributed by atoms with van der Waals surface area (Å²) < 4.78 is 41.6. The normalized spacial score (nSPS) is 20.2. The summed E-state index contributed by atoms with van der Waals surface area (Å²) in [6.07, 6.45) is 13.4. The molecule has 4 amide bonds. The van der Waals surface area contributed by atoms with Gasteiger partial charge in [-0.25, -0.2) is 4.79 Å². The second-order valence-corrected chi connectivity index (χ2v) is 26.4. The number of hydrogen-bond acceptors (Lipinski definition) is 17. The largest absolute Gasteiger partial charge is 0.493 e. The maximum absolute atomic E-state index is 13.6. The van der Waals surface area contributed by atoms with Crippen LogP contribution in [0.4, 0.5) is 0 Å². The van der Waals surface area contributed by atoms with E-state index in [-0.39, 0.29) is 85.1 Å². The average molecular weight is 1290 g/mol. The van der Waals surface area contributed by atoms with Crippen LogP contribution in [-0.2, 0) is 46.4 Å². The van der Waals surface area contributed by atoms with Gasteiger partial charge in [0.25, 0.3) is 5.91 Å². The molecule has 3 aromatic carbocycles. The molecule has 22 heteroatoms. The lowest BCUT2D eigenvalue weighted by Crippen LogP contribution is -2.52. The molecule has 11 rings (SSSR count). The summed E-state index contributed by atoms with van der Waals surface area (Å²) in [5.41, 5.74) is 7.24. The van der Waals surface area contributed by atoms with Crippen LogP contribution in [0, 0.1) is 24.7 Å². The zero-order valence-corrected chi connectivity index (χ0v) is 54.4. The predicted octanol–water partition coefficient (Wildman–Crippen LogP) is 10.7. The number of carbonyl (C=O) groups excluding carboxylic acids is 6. The number of halogens is 1. The monoisotopic (exact) mass is 1290 g/mol. The van der Waals surface area contributed by atoms with Crippen molar-refractivity contribution in [1.82, 2.24) is 35.3 Å². The lowest BCUT2D eigenvalue weighted by molar-refractivity contribution is -0.155. The first kappa shape index (κ1) is 65.0. The molecule has 6 aromatic rings. The lowest BCUT2D eigenvalue weighted by Gasteiger charge is -2.51. The standard InChI is InChI=1S/C69H84ClN7O13S/c1-41-29-44(70)33-53(51-18-24-71-56-36-48(91-67(51)56)39-77-62(80)16-17-63(77)81)65(41)89-45-19-26-75(27-20-45)25-12-23-72-60(78)13-10-8-6-7-9-11-22-73-61(79)40-88-46-14-15-49-50-21-28-76-38-43-30-47(90-68(82)42-31-58(84-2)66(86-4)59(32-42)85-3)34-54(69(83)87-5)52(43)37-57(76)64(50)74-55(49)35-46/h14-15,18,24,29,31-33,35-36,43,45,47,52,54,57,74H,6-13,16-17,19-23,25-28,30,34,37-40H2,1-5H3,(H,72,78)(H,73,79). The molecule has 7 heterocycles. The number of nitrogens with zero attached hydrogens (tertiary/aromatic N) is 4. The van der Waals surface area contributed by atoms with Crippen molar-refractivity contribution in [1.29, 1.82) is 0 Å². The number of imide groups is 1. The maximum Gasteiger partial charge on any atom is 0.338 e. The molecule has 4 fully saturated rings. The van der Waals surface area contributed by atoms with Gasteiger partial charge < -0.3 is 53.7 Å². The van der Waals surface area contributed by atoms with Crippen LogP contribution in [0.5, 0.6) is 28.7 Å². The number of likely N-dealkylation sites (tertiary alicyclic amines) is 2. The topological polar surface area (TPSA) is 229 Å². The van der Waals surface area contributed by atoms with E-state index in [0.717, 1.165) is 157 Å². The Kier molecular flexibility index (Phi) is 21.4. The van der Waals surface area contributed by atoms with Crippen molar-refractivity contribution in [2.75, 3.05) is 80.9 Å². The van der Waals surface area contributed by atoms with Gasteiger partial charge in [0.05, 0.1) is 62.7 Å². The van der Waals surface area contributed by atoms with Crippen LogP contribution in [0.25, 0.3) is 32.2 Å². The van der Waals surface area contributed by atoms with E-state index in [1.807, 2.05) is 43.3 Å². The Bertz CT molecular complexity index is 3600. The molecule has 0 bridgehead atoms. The molecular formula is C69H84ClN7O13S. The Morgan fingerprint density at radius 1 is 0.758 bits per heavy atom. The van der Waals surface area contributed by atoms with Gasteiger partial charge in [-0.2, -0.15) is 0 Å². The van der Waals surface area contributed by atoms with Gasteiger partial charge in [0.15, 0.2) is 18.1 Å². The van der Waals surface area contributed by atoms with E-state index < -0.39 is 18.0 Å². The Labute approximate surface area is 540 Å². The number of esters is 2. The Morgan fingerprint density at radius 3 is 2.24 bits per heavy atom. The van der Waals surface area contributed by atoms with E-state index in [4.69, 9.17) is 44.8 Å². The van der Waals surface area contributed by atoms with Gasteiger partial charge in [-0.15, -0.1) is 11.3 Å². The van der Waals surface area contributed by atoms with Gasteiger partial charge >= 0.3 is 11.9 Å². The number of rotatable bonds is 27. The molecule has 486 valence electrons. The number of ether oxygens (including phenoxy) is 7. The number of aryl methyl sites for hydroxylation is 1. The predicted molar refractivity (Wildman–Crippen MR) is 346 cm³/mol. The van der Waals surface area contributed by atoms with Crippen LogP contribution >= 0.6 is 22.9 Å². The van der Waals surface area contributed by atoms with E-state index in [1.54, 1.807) is 18.3 Å². The number of methoxy groups -OCH3 is 4. The average Bonchev–Trinajstić information content (AvgIpc) is 1.74. The second-order valence-electron chi connectivity index (χ2n) is 24.8. The third-order valence-corrected chi connectivity index (χ3v) is 20.3. The second kappa shape index (κ2) is 29.9. The van der Waals surface area contributed by atoms with Gasteiger partial charge in [0.2, 0.25) is 23.5 Å². The molecule has 5 atom stereocenters. The molecule has 20 nitrogen and oxygen atoms in total. The highest BCUT2D eigenvalue weighted by atomic mass is 35.5. The minimum absolute atomic E-state index is 0.0370. The minimum atomic E-state index is -0.528. The smallest absolute Gasteiger partial charge is 0.338 e. The van der Waals surface area contributed by atoms with E-state index >= 15 is 0 Å². The number of nitrogens with one attached hydrogen (secondary N) is 3. The molecule has 3 aromatic heterocycles. The zero-order valence-electron chi connectivity index (χ0n) is 52.8. The molecule has 1 aliphatic carbocycles. The van der Waals surface area contributed by atoms with Gasteiger partial charge in [-0.1, -0.05) is 37.3 Å². The number of pyridine rings is 1. The Balaban J connectivity index is 0.546. The summed E-state index contributed by atoms with van der Waals surface area (Å²) in [6, 6.07) is 17.0. The highest BCUT2D eigenvalue weighted by molar-refractivity contribution is 7.19. The van der Waals surface area contributed by atoms with Crippen molar-refractivity contribution in [2.45, 2.75) is 134 Å². The number of H-pyrrole nitrogens is 1. The summed E-state index contributed by atoms with van der Waals surface area (Å²) in [4.78, 5) is 92.8. The molecule has 0 spiro atoms.